The molecule has 6 nitrogen and oxygen atoms in total. The first kappa shape index (κ1) is 12.4. The first-order chi connectivity index (χ1) is 6.97. The number of aliphatic hydroxyl groups excluding tert-OH is 4. The van der Waals surface area contributed by atoms with E-state index in [2.05, 4.69) is 5.32 Å². The van der Waals surface area contributed by atoms with Gasteiger partial charge in [0.25, 0.3) is 0 Å². The summed E-state index contributed by atoms with van der Waals surface area (Å²) in [6.45, 7) is 0.964. The number of hydrogen-bond acceptors (Lipinski definition) is 5. The van der Waals surface area contributed by atoms with Crippen molar-refractivity contribution in [2.75, 3.05) is 6.61 Å². The van der Waals surface area contributed by atoms with Crippen molar-refractivity contribution >= 4 is 5.91 Å². The smallest absolute Gasteiger partial charge is 0.217 e. The minimum Gasteiger partial charge on any atom is -0.396 e. The molecule has 0 aromatic rings. The summed E-state index contributed by atoms with van der Waals surface area (Å²) in [5.74, 6) is -0.937. The second kappa shape index (κ2) is 4.89. The number of nitrogens with one attached hydrogen (secondary N) is 1. The van der Waals surface area contributed by atoms with Crippen molar-refractivity contribution in [3.05, 3.63) is 0 Å². The van der Waals surface area contributed by atoms with Crippen LogP contribution < -0.4 is 5.32 Å². The second-order valence-electron chi connectivity index (χ2n) is 3.95. The number of hydrogen-bond donors (Lipinski definition) is 5. The zero-order valence-electron chi connectivity index (χ0n) is 8.50. The van der Waals surface area contributed by atoms with Crippen LogP contribution in [0.1, 0.15) is 13.3 Å². The third kappa shape index (κ3) is 2.66. The Labute approximate surface area is 87.5 Å². The first-order valence-corrected chi connectivity index (χ1v) is 4.89. The molecule has 0 aliphatic heterocycles. The Morgan fingerprint density at radius 1 is 1.33 bits per heavy atom. The molecule has 88 valence electrons. The van der Waals surface area contributed by atoms with Gasteiger partial charge in [0.1, 0.15) is 6.10 Å². The highest BCUT2D eigenvalue weighted by Gasteiger charge is 2.42. The number of amides is 1. The lowest BCUT2D eigenvalue weighted by Gasteiger charge is -2.40. The van der Waals surface area contributed by atoms with Crippen molar-refractivity contribution < 1.29 is 25.2 Å². The minimum absolute atomic E-state index is 0.152. The van der Waals surface area contributed by atoms with Crippen molar-refractivity contribution in [2.45, 2.75) is 37.7 Å². The molecule has 0 saturated heterocycles. The SMILES string of the molecule is CC(=O)N[C@@H]1[C@@H](O)[C@H](O)[C@@H](CO)C[C@@H]1O. The molecule has 0 spiro atoms. The average molecular weight is 219 g/mol. The predicted molar refractivity (Wildman–Crippen MR) is 50.8 cm³/mol. The Hall–Kier alpha value is -0.690. The topological polar surface area (TPSA) is 110 Å². The average Bonchev–Trinajstić information content (AvgIpc) is 2.18. The molecule has 1 aliphatic carbocycles. The van der Waals surface area contributed by atoms with Gasteiger partial charge < -0.3 is 25.7 Å². The van der Waals surface area contributed by atoms with E-state index in [1.165, 1.54) is 6.92 Å². The normalized spacial score (nSPS) is 41.3. The van der Waals surface area contributed by atoms with Gasteiger partial charge in [-0.2, -0.15) is 0 Å². The van der Waals surface area contributed by atoms with Crippen molar-refractivity contribution in [1.82, 2.24) is 5.32 Å². The Bertz CT molecular complexity index is 235. The molecule has 0 aromatic carbocycles. The summed E-state index contributed by atoms with van der Waals surface area (Å²) in [6, 6.07) is -0.875. The van der Waals surface area contributed by atoms with Crippen LogP contribution >= 0.6 is 0 Å². The highest BCUT2D eigenvalue weighted by atomic mass is 16.3. The highest BCUT2D eigenvalue weighted by Crippen LogP contribution is 2.25. The fourth-order valence-electron chi connectivity index (χ4n) is 1.91. The molecule has 1 amide bonds. The molecule has 1 rings (SSSR count). The molecule has 5 N–H and O–H groups in total. The summed E-state index contributed by atoms with van der Waals surface area (Å²) in [5, 5.41) is 40.1. The Morgan fingerprint density at radius 2 is 1.93 bits per heavy atom. The van der Waals surface area contributed by atoms with Gasteiger partial charge in [-0.05, 0) is 6.42 Å². The molecular formula is C9H17NO5. The van der Waals surface area contributed by atoms with Gasteiger partial charge in [0.05, 0.1) is 18.2 Å². The van der Waals surface area contributed by atoms with Crippen LogP contribution in [0.4, 0.5) is 0 Å². The third-order valence-corrected chi connectivity index (χ3v) is 2.76. The van der Waals surface area contributed by atoms with Crippen LogP contribution in [0.15, 0.2) is 0 Å². The molecule has 0 unspecified atom stereocenters. The second-order valence-corrected chi connectivity index (χ2v) is 3.95. The molecule has 1 fully saturated rings. The Balaban J connectivity index is 2.70. The van der Waals surface area contributed by atoms with Crippen molar-refractivity contribution in [1.29, 1.82) is 0 Å². The summed E-state index contributed by atoms with van der Waals surface area (Å²) >= 11 is 0. The minimum atomic E-state index is -1.25. The molecular weight excluding hydrogens is 202 g/mol. The van der Waals surface area contributed by atoms with Gasteiger partial charge >= 0.3 is 0 Å². The van der Waals surface area contributed by atoms with Crippen molar-refractivity contribution in [3.63, 3.8) is 0 Å². The Kier molecular flexibility index (Phi) is 4.04. The zero-order chi connectivity index (χ0) is 11.6. The summed E-state index contributed by atoms with van der Waals surface area (Å²) in [7, 11) is 0. The van der Waals surface area contributed by atoms with Crippen LogP contribution in [-0.2, 0) is 4.79 Å². The maximum Gasteiger partial charge on any atom is 0.217 e. The standard InChI is InChI=1S/C9H17NO5/c1-4(12)10-7-6(13)2-5(3-11)8(14)9(7)15/h5-9,11,13-15H,2-3H2,1H3,(H,10,12)/t5-,6+,7+,8-,9-/m1/s1. The number of rotatable bonds is 2. The van der Waals surface area contributed by atoms with E-state index < -0.39 is 30.3 Å². The molecule has 0 radical (unpaired) electrons. The van der Waals surface area contributed by atoms with E-state index in [-0.39, 0.29) is 18.9 Å². The van der Waals surface area contributed by atoms with Gasteiger partial charge in [0.15, 0.2) is 0 Å². The zero-order valence-corrected chi connectivity index (χ0v) is 8.50. The van der Waals surface area contributed by atoms with E-state index in [9.17, 15) is 20.1 Å². The lowest BCUT2D eigenvalue weighted by Crippen LogP contribution is -2.60. The monoisotopic (exact) mass is 219 g/mol. The van der Waals surface area contributed by atoms with E-state index in [1.54, 1.807) is 0 Å². The number of carbonyl (C=O) groups excluding carboxylic acids is 1. The van der Waals surface area contributed by atoms with E-state index in [0.29, 0.717) is 0 Å². The molecule has 0 heterocycles. The van der Waals surface area contributed by atoms with Gasteiger partial charge in [-0.15, -0.1) is 0 Å². The van der Waals surface area contributed by atoms with Gasteiger partial charge in [-0.25, -0.2) is 0 Å². The van der Waals surface area contributed by atoms with E-state index in [1.807, 2.05) is 0 Å². The summed E-state index contributed by atoms with van der Waals surface area (Å²) in [4.78, 5) is 10.8. The van der Waals surface area contributed by atoms with Crippen LogP contribution in [0.25, 0.3) is 0 Å². The fraction of sp³-hybridized carbons (Fsp3) is 0.889. The number of aliphatic hydroxyl groups is 4. The molecule has 5 atom stereocenters. The lowest BCUT2D eigenvalue weighted by molar-refractivity contribution is -0.133. The fourth-order valence-corrected chi connectivity index (χ4v) is 1.91. The van der Waals surface area contributed by atoms with Crippen molar-refractivity contribution in [3.8, 4) is 0 Å². The van der Waals surface area contributed by atoms with Crippen LogP contribution in [0.5, 0.6) is 0 Å². The van der Waals surface area contributed by atoms with Gasteiger partial charge in [-0.3, -0.25) is 4.79 Å². The van der Waals surface area contributed by atoms with Crippen LogP contribution in [-0.4, -0.2) is 57.3 Å². The van der Waals surface area contributed by atoms with Gasteiger partial charge in [0, 0.05) is 19.4 Å². The molecule has 0 bridgehead atoms. The van der Waals surface area contributed by atoms with Crippen molar-refractivity contribution in [2.24, 2.45) is 5.92 Å². The lowest BCUT2D eigenvalue weighted by atomic mass is 9.80. The van der Waals surface area contributed by atoms with Gasteiger partial charge in [-0.1, -0.05) is 0 Å². The molecule has 0 aromatic heterocycles. The quantitative estimate of drug-likeness (QED) is 0.355. The van der Waals surface area contributed by atoms with E-state index in [4.69, 9.17) is 5.11 Å². The number of carbonyl (C=O) groups is 1. The third-order valence-electron chi connectivity index (χ3n) is 2.76. The first-order valence-electron chi connectivity index (χ1n) is 4.89. The maximum atomic E-state index is 10.8. The molecule has 15 heavy (non-hydrogen) atoms. The Morgan fingerprint density at radius 3 is 2.40 bits per heavy atom. The highest BCUT2D eigenvalue weighted by molar-refractivity contribution is 5.73. The molecule has 6 heteroatoms. The molecule has 1 saturated carbocycles. The van der Waals surface area contributed by atoms with Crippen LogP contribution in [0.2, 0.25) is 0 Å². The summed E-state index contributed by atoms with van der Waals surface area (Å²) in [6.07, 6.45) is -3.19. The largest absolute Gasteiger partial charge is 0.396 e. The van der Waals surface area contributed by atoms with Gasteiger partial charge in [0.2, 0.25) is 5.91 Å². The summed E-state index contributed by atoms with van der Waals surface area (Å²) in [5.41, 5.74) is 0. The molecule has 1 aliphatic rings. The predicted octanol–water partition coefficient (Wildman–Crippen LogP) is -2.41. The van der Waals surface area contributed by atoms with Crippen LogP contribution in [0.3, 0.4) is 0 Å². The summed E-state index contributed by atoms with van der Waals surface area (Å²) < 4.78 is 0. The van der Waals surface area contributed by atoms with E-state index >= 15 is 0 Å². The maximum absolute atomic E-state index is 10.8. The van der Waals surface area contributed by atoms with Crippen LogP contribution in [0, 0.1) is 5.92 Å². The van der Waals surface area contributed by atoms with E-state index in [0.717, 1.165) is 0 Å².